The summed E-state index contributed by atoms with van der Waals surface area (Å²) in [6.45, 7) is 0. The number of nitrogens with two attached hydrogens (primary N) is 1. The van der Waals surface area contributed by atoms with E-state index in [4.69, 9.17) is 15.0 Å². The van der Waals surface area contributed by atoms with Crippen molar-refractivity contribution in [2.24, 2.45) is 7.05 Å². The van der Waals surface area contributed by atoms with Gasteiger partial charge in [0.2, 0.25) is 5.88 Å². The van der Waals surface area contributed by atoms with E-state index in [1.807, 2.05) is 37.5 Å². The third-order valence-corrected chi connectivity index (χ3v) is 3.07. The average molecular weight is 270 g/mol. The molecule has 0 unspecified atom stereocenters. The molecule has 2 heterocycles. The van der Waals surface area contributed by atoms with E-state index in [1.54, 1.807) is 18.0 Å². The van der Waals surface area contributed by atoms with E-state index in [1.165, 1.54) is 0 Å². The molecular formula is C14H14N4O2. The lowest BCUT2D eigenvalue weighted by atomic mass is 10.0. The Morgan fingerprint density at radius 1 is 1.30 bits per heavy atom. The van der Waals surface area contributed by atoms with Crippen LogP contribution in [-0.2, 0) is 7.05 Å². The van der Waals surface area contributed by atoms with Crippen molar-refractivity contribution in [1.29, 1.82) is 0 Å². The number of rotatable bonds is 3. The van der Waals surface area contributed by atoms with E-state index in [2.05, 4.69) is 10.3 Å². The molecule has 2 aromatic heterocycles. The predicted octanol–water partition coefficient (Wildman–Crippen LogP) is 2.33. The first-order valence-corrected chi connectivity index (χ1v) is 6.08. The van der Waals surface area contributed by atoms with E-state index in [-0.39, 0.29) is 5.88 Å². The van der Waals surface area contributed by atoms with Crippen LogP contribution >= 0.6 is 0 Å². The Balaban J connectivity index is 2.21. The van der Waals surface area contributed by atoms with Crippen molar-refractivity contribution in [2.75, 3.05) is 12.8 Å². The summed E-state index contributed by atoms with van der Waals surface area (Å²) in [6.07, 6.45) is 3.58. The Hall–Kier alpha value is -2.76. The van der Waals surface area contributed by atoms with Gasteiger partial charge in [-0.25, -0.2) is 0 Å². The Kier molecular flexibility index (Phi) is 2.90. The van der Waals surface area contributed by atoms with E-state index >= 15 is 0 Å². The lowest BCUT2D eigenvalue weighted by Gasteiger charge is -2.07. The van der Waals surface area contributed by atoms with Crippen molar-refractivity contribution >= 4 is 5.88 Å². The van der Waals surface area contributed by atoms with Crippen LogP contribution in [0, 0.1) is 0 Å². The van der Waals surface area contributed by atoms with Gasteiger partial charge in [0.25, 0.3) is 0 Å². The second kappa shape index (κ2) is 4.73. The second-order valence-electron chi connectivity index (χ2n) is 4.37. The van der Waals surface area contributed by atoms with Crippen molar-refractivity contribution < 1.29 is 9.26 Å². The van der Waals surface area contributed by atoms with Gasteiger partial charge in [-0.3, -0.25) is 4.68 Å². The molecule has 6 nitrogen and oxygen atoms in total. The molecule has 0 amide bonds. The maximum absolute atomic E-state index is 5.93. The number of aromatic nitrogens is 3. The first kappa shape index (κ1) is 12.3. The Morgan fingerprint density at radius 3 is 2.80 bits per heavy atom. The molecule has 2 N–H and O–H groups in total. The third-order valence-electron chi connectivity index (χ3n) is 3.07. The van der Waals surface area contributed by atoms with Gasteiger partial charge >= 0.3 is 0 Å². The summed E-state index contributed by atoms with van der Waals surface area (Å²) in [4.78, 5) is 0. The Bertz CT molecular complexity index is 745. The van der Waals surface area contributed by atoms with Crippen molar-refractivity contribution in [3.8, 4) is 28.1 Å². The normalized spacial score (nSPS) is 10.7. The number of ether oxygens (including phenoxy) is 1. The number of anilines is 1. The molecule has 0 aliphatic heterocycles. The molecule has 0 fully saturated rings. The van der Waals surface area contributed by atoms with Crippen LogP contribution in [-0.4, -0.2) is 22.0 Å². The molecular weight excluding hydrogens is 256 g/mol. The molecule has 0 aliphatic carbocycles. The van der Waals surface area contributed by atoms with Crippen molar-refractivity contribution in [3.63, 3.8) is 0 Å². The number of nitrogen functional groups attached to an aromatic ring is 1. The monoisotopic (exact) mass is 270 g/mol. The summed E-state index contributed by atoms with van der Waals surface area (Å²) in [5, 5.41) is 8.18. The van der Waals surface area contributed by atoms with Gasteiger partial charge in [0.05, 0.1) is 18.9 Å². The fourth-order valence-corrected chi connectivity index (χ4v) is 2.15. The number of hydrogen-bond donors (Lipinski definition) is 1. The first-order valence-electron chi connectivity index (χ1n) is 6.08. The minimum atomic E-state index is 0.258. The number of aryl methyl sites for hydroxylation is 1. The van der Waals surface area contributed by atoms with Gasteiger partial charge in [0.15, 0.2) is 0 Å². The summed E-state index contributed by atoms with van der Waals surface area (Å²) < 4.78 is 12.2. The van der Waals surface area contributed by atoms with Crippen LogP contribution in [0.4, 0.5) is 5.88 Å². The van der Waals surface area contributed by atoms with Crippen molar-refractivity contribution in [2.45, 2.75) is 0 Å². The van der Waals surface area contributed by atoms with Gasteiger partial charge in [-0.2, -0.15) is 5.10 Å². The highest BCUT2D eigenvalue weighted by atomic mass is 16.5. The van der Waals surface area contributed by atoms with Gasteiger partial charge < -0.3 is 15.0 Å². The van der Waals surface area contributed by atoms with E-state index in [0.717, 1.165) is 16.7 Å². The van der Waals surface area contributed by atoms with E-state index < -0.39 is 0 Å². The van der Waals surface area contributed by atoms with Crippen LogP contribution in [0.1, 0.15) is 0 Å². The zero-order valence-corrected chi connectivity index (χ0v) is 11.2. The fourth-order valence-electron chi connectivity index (χ4n) is 2.15. The third kappa shape index (κ3) is 1.91. The minimum absolute atomic E-state index is 0.258. The molecule has 102 valence electrons. The summed E-state index contributed by atoms with van der Waals surface area (Å²) in [5.41, 5.74) is 8.98. The maximum Gasteiger partial charge on any atom is 0.230 e. The Morgan fingerprint density at radius 2 is 2.10 bits per heavy atom. The zero-order chi connectivity index (χ0) is 14.1. The molecule has 0 aliphatic rings. The van der Waals surface area contributed by atoms with Crippen molar-refractivity contribution in [1.82, 2.24) is 14.9 Å². The second-order valence-corrected chi connectivity index (χ2v) is 4.37. The maximum atomic E-state index is 5.93. The van der Waals surface area contributed by atoms with Gasteiger partial charge in [0, 0.05) is 24.4 Å². The molecule has 6 heteroatoms. The summed E-state index contributed by atoms with van der Waals surface area (Å²) in [6, 6.07) is 7.60. The molecule has 1 aromatic carbocycles. The predicted molar refractivity (Wildman–Crippen MR) is 75.1 cm³/mol. The molecule has 3 aromatic rings. The molecule has 0 atom stereocenters. The van der Waals surface area contributed by atoms with Crippen molar-refractivity contribution in [3.05, 3.63) is 36.7 Å². The van der Waals surface area contributed by atoms with Crippen LogP contribution in [0.2, 0.25) is 0 Å². The summed E-state index contributed by atoms with van der Waals surface area (Å²) in [5.74, 6) is 0.973. The highest BCUT2D eigenvalue weighted by Gasteiger charge is 2.21. The zero-order valence-electron chi connectivity index (χ0n) is 11.2. The van der Waals surface area contributed by atoms with Crippen LogP contribution < -0.4 is 10.5 Å². The molecule has 0 bridgehead atoms. The molecule has 0 radical (unpaired) electrons. The van der Waals surface area contributed by atoms with Gasteiger partial charge in [-0.15, -0.1) is 0 Å². The number of methoxy groups -OCH3 is 1. The SMILES string of the molecule is COc1ccccc1-c1c(-c2cnn(C)c2)noc1N. The van der Waals surface area contributed by atoms with Crippen LogP contribution in [0.15, 0.2) is 41.2 Å². The first-order chi connectivity index (χ1) is 9.70. The van der Waals surface area contributed by atoms with Crippen LogP contribution in [0.5, 0.6) is 5.75 Å². The lowest BCUT2D eigenvalue weighted by molar-refractivity contribution is 0.416. The van der Waals surface area contributed by atoms with Gasteiger partial charge in [-0.1, -0.05) is 23.4 Å². The highest BCUT2D eigenvalue weighted by Crippen LogP contribution is 2.40. The van der Waals surface area contributed by atoms with Gasteiger partial charge in [-0.05, 0) is 6.07 Å². The minimum Gasteiger partial charge on any atom is -0.496 e. The standard InChI is InChI=1S/C14H14N4O2/c1-18-8-9(7-16-18)13-12(14(15)20-17-13)10-5-3-4-6-11(10)19-2/h3-8H,15H2,1-2H3. The largest absolute Gasteiger partial charge is 0.496 e. The van der Waals surface area contributed by atoms with Crippen LogP contribution in [0.25, 0.3) is 22.4 Å². The Labute approximate surface area is 115 Å². The molecule has 3 rings (SSSR count). The average Bonchev–Trinajstić information content (AvgIpc) is 3.04. The molecule has 0 saturated heterocycles. The topological polar surface area (TPSA) is 79.1 Å². The molecule has 0 saturated carbocycles. The number of para-hydroxylation sites is 1. The highest BCUT2D eigenvalue weighted by molar-refractivity contribution is 5.89. The number of hydrogen-bond acceptors (Lipinski definition) is 5. The smallest absolute Gasteiger partial charge is 0.230 e. The van der Waals surface area contributed by atoms with E-state index in [9.17, 15) is 0 Å². The lowest BCUT2D eigenvalue weighted by Crippen LogP contribution is -1.91. The number of benzene rings is 1. The summed E-state index contributed by atoms with van der Waals surface area (Å²) in [7, 11) is 3.46. The quantitative estimate of drug-likeness (QED) is 0.790. The van der Waals surface area contributed by atoms with Crippen LogP contribution in [0.3, 0.4) is 0 Å². The van der Waals surface area contributed by atoms with Gasteiger partial charge in [0.1, 0.15) is 11.4 Å². The van der Waals surface area contributed by atoms with E-state index in [0.29, 0.717) is 11.4 Å². The number of nitrogens with zero attached hydrogens (tertiary/aromatic N) is 3. The fraction of sp³-hybridized carbons (Fsp3) is 0.143. The molecule has 0 spiro atoms. The summed E-state index contributed by atoms with van der Waals surface area (Å²) >= 11 is 0. The molecule has 20 heavy (non-hydrogen) atoms.